The predicted octanol–water partition coefficient (Wildman–Crippen LogP) is 2.66. The Morgan fingerprint density at radius 3 is 2.58 bits per heavy atom. The molecule has 1 aliphatic carbocycles. The molecule has 1 heterocycles. The molecule has 1 aromatic heterocycles. The van der Waals surface area contributed by atoms with E-state index < -0.39 is 23.2 Å². The van der Waals surface area contributed by atoms with Gasteiger partial charge >= 0.3 is 5.97 Å². The first-order valence-electron chi connectivity index (χ1n) is 8.57. The van der Waals surface area contributed by atoms with Gasteiger partial charge in [-0.15, -0.1) is 5.10 Å². The van der Waals surface area contributed by atoms with E-state index >= 15 is 0 Å². The Kier molecular flexibility index (Phi) is 4.76. The Labute approximate surface area is 150 Å². The first kappa shape index (κ1) is 18.0. The van der Waals surface area contributed by atoms with Gasteiger partial charge in [0.25, 0.3) is 5.91 Å². The summed E-state index contributed by atoms with van der Waals surface area (Å²) < 4.78 is 15.5. The van der Waals surface area contributed by atoms with E-state index in [4.69, 9.17) is 5.11 Å². The van der Waals surface area contributed by atoms with Crippen LogP contribution in [0.25, 0.3) is 5.69 Å². The van der Waals surface area contributed by atoms with E-state index in [2.05, 4.69) is 15.4 Å². The third-order valence-corrected chi connectivity index (χ3v) is 4.61. The summed E-state index contributed by atoms with van der Waals surface area (Å²) >= 11 is 0. The number of hydrogen-bond acceptors (Lipinski definition) is 4. The molecule has 0 spiro atoms. The van der Waals surface area contributed by atoms with Crippen LogP contribution in [-0.4, -0.2) is 37.3 Å². The van der Waals surface area contributed by atoms with Gasteiger partial charge in [-0.3, -0.25) is 9.59 Å². The number of halogens is 1. The molecule has 0 saturated heterocycles. The SMILES string of the molecule is CC(C)c1nc(C(=O)NC2(CC(=O)O)CCC2)nn1-c1ccccc1F. The summed E-state index contributed by atoms with van der Waals surface area (Å²) in [5.74, 6) is -1.68. The van der Waals surface area contributed by atoms with Crippen molar-refractivity contribution < 1.29 is 19.1 Å². The Morgan fingerprint density at radius 1 is 1.35 bits per heavy atom. The molecule has 1 aromatic carbocycles. The minimum absolute atomic E-state index is 0.0830. The van der Waals surface area contributed by atoms with Crippen LogP contribution in [0, 0.1) is 5.82 Å². The van der Waals surface area contributed by atoms with E-state index in [1.54, 1.807) is 18.2 Å². The van der Waals surface area contributed by atoms with Crippen LogP contribution in [0.4, 0.5) is 4.39 Å². The van der Waals surface area contributed by atoms with Crippen molar-refractivity contribution in [2.75, 3.05) is 0 Å². The van der Waals surface area contributed by atoms with Crippen molar-refractivity contribution in [3.8, 4) is 5.69 Å². The number of carboxylic acids is 1. The summed E-state index contributed by atoms with van der Waals surface area (Å²) in [7, 11) is 0. The maximum absolute atomic E-state index is 14.2. The largest absolute Gasteiger partial charge is 0.481 e. The number of nitrogens with one attached hydrogen (secondary N) is 1. The molecule has 7 nitrogen and oxygen atoms in total. The van der Waals surface area contributed by atoms with Crippen molar-refractivity contribution in [1.82, 2.24) is 20.1 Å². The van der Waals surface area contributed by atoms with Gasteiger partial charge < -0.3 is 10.4 Å². The Bertz CT molecular complexity index is 843. The van der Waals surface area contributed by atoms with Gasteiger partial charge in [0.05, 0.1) is 12.0 Å². The highest BCUT2D eigenvalue weighted by atomic mass is 19.1. The monoisotopic (exact) mass is 360 g/mol. The molecular formula is C18H21FN4O3. The average molecular weight is 360 g/mol. The van der Waals surface area contributed by atoms with Gasteiger partial charge in [-0.05, 0) is 31.4 Å². The molecule has 8 heteroatoms. The second-order valence-corrected chi connectivity index (χ2v) is 6.97. The summed E-state index contributed by atoms with van der Waals surface area (Å²) in [5.41, 5.74) is -0.531. The third kappa shape index (κ3) is 3.44. The fourth-order valence-electron chi connectivity index (χ4n) is 3.13. The lowest BCUT2D eigenvalue weighted by molar-refractivity contribution is -0.139. The van der Waals surface area contributed by atoms with Gasteiger partial charge in [-0.1, -0.05) is 26.0 Å². The van der Waals surface area contributed by atoms with Crippen LogP contribution in [0.2, 0.25) is 0 Å². The minimum Gasteiger partial charge on any atom is -0.481 e. The molecule has 3 rings (SSSR count). The summed E-state index contributed by atoms with van der Waals surface area (Å²) in [6.45, 7) is 3.75. The Balaban J connectivity index is 1.91. The number of amides is 1. The average Bonchev–Trinajstić information content (AvgIpc) is 2.98. The van der Waals surface area contributed by atoms with Crippen molar-refractivity contribution in [2.24, 2.45) is 0 Å². The molecule has 0 aliphatic heterocycles. The molecular weight excluding hydrogens is 339 g/mol. The molecule has 26 heavy (non-hydrogen) atoms. The van der Waals surface area contributed by atoms with E-state index in [1.807, 2.05) is 13.8 Å². The van der Waals surface area contributed by atoms with Crippen LogP contribution in [0.1, 0.15) is 61.9 Å². The molecule has 0 bridgehead atoms. The van der Waals surface area contributed by atoms with Crippen molar-refractivity contribution in [2.45, 2.75) is 51.0 Å². The number of benzene rings is 1. The Hall–Kier alpha value is -2.77. The number of aliphatic carboxylic acids is 1. The lowest BCUT2D eigenvalue weighted by Crippen LogP contribution is -2.54. The number of para-hydroxylation sites is 1. The van der Waals surface area contributed by atoms with Gasteiger partial charge in [-0.2, -0.15) is 0 Å². The van der Waals surface area contributed by atoms with Crippen LogP contribution in [0.3, 0.4) is 0 Å². The van der Waals surface area contributed by atoms with Crippen LogP contribution >= 0.6 is 0 Å². The van der Waals surface area contributed by atoms with E-state index in [-0.39, 0.29) is 23.9 Å². The van der Waals surface area contributed by atoms with Crippen molar-refractivity contribution >= 4 is 11.9 Å². The highest BCUT2D eigenvalue weighted by molar-refractivity contribution is 5.91. The number of rotatable bonds is 6. The lowest BCUT2D eigenvalue weighted by atomic mass is 9.74. The highest BCUT2D eigenvalue weighted by Crippen LogP contribution is 2.35. The summed E-state index contributed by atoms with van der Waals surface area (Å²) in [5, 5.41) is 16.0. The zero-order valence-electron chi connectivity index (χ0n) is 14.7. The maximum atomic E-state index is 14.2. The second kappa shape index (κ2) is 6.86. The summed E-state index contributed by atoms with van der Waals surface area (Å²) in [6.07, 6.45) is 1.94. The number of carbonyl (C=O) groups excluding carboxylic acids is 1. The van der Waals surface area contributed by atoms with E-state index in [9.17, 15) is 14.0 Å². The zero-order chi connectivity index (χ0) is 18.9. The Morgan fingerprint density at radius 2 is 2.04 bits per heavy atom. The van der Waals surface area contributed by atoms with Gasteiger partial charge in [0, 0.05) is 5.92 Å². The predicted molar refractivity (Wildman–Crippen MR) is 91.7 cm³/mol. The zero-order valence-corrected chi connectivity index (χ0v) is 14.7. The van der Waals surface area contributed by atoms with Crippen molar-refractivity contribution in [1.29, 1.82) is 0 Å². The standard InChI is InChI=1S/C18H21FN4O3/c1-11(2)16-20-15(22-23(16)13-7-4-3-6-12(13)19)17(26)21-18(8-5-9-18)10-14(24)25/h3-4,6-7,11H,5,8-10H2,1-2H3,(H,21,26)(H,24,25). The second-order valence-electron chi connectivity index (χ2n) is 6.97. The first-order chi connectivity index (χ1) is 12.3. The number of aromatic nitrogens is 3. The first-order valence-corrected chi connectivity index (χ1v) is 8.57. The molecule has 0 unspecified atom stereocenters. The molecule has 0 radical (unpaired) electrons. The third-order valence-electron chi connectivity index (χ3n) is 4.61. The molecule has 2 N–H and O–H groups in total. The molecule has 138 valence electrons. The van der Waals surface area contributed by atoms with Crippen LogP contribution < -0.4 is 5.32 Å². The molecule has 1 saturated carbocycles. The van der Waals surface area contributed by atoms with Crippen LogP contribution in [0.15, 0.2) is 24.3 Å². The summed E-state index contributed by atoms with van der Waals surface area (Å²) in [4.78, 5) is 27.9. The van der Waals surface area contributed by atoms with E-state index in [0.717, 1.165) is 6.42 Å². The van der Waals surface area contributed by atoms with Crippen molar-refractivity contribution in [3.05, 3.63) is 41.7 Å². The fraction of sp³-hybridized carbons (Fsp3) is 0.444. The van der Waals surface area contributed by atoms with Crippen molar-refractivity contribution in [3.63, 3.8) is 0 Å². The highest BCUT2D eigenvalue weighted by Gasteiger charge is 2.41. The topological polar surface area (TPSA) is 97.1 Å². The van der Waals surface area contributed by atoms with E-state index in [1.165, 1.54) is 10.7 Å². The smallest absolute Gasteiger partial charge is 0.305 e. The molecule has 0 atom stereocenters. The fourth-order valence-corrected chi connectivity index (χ4v) is 3.13. The number of nitrogens with zero attached hydrogens (tertiary/aromatic N) is 3. The molecule has 2 aromatic rings. The molecule has 1 amide bonds. The molecule has 1 aliphatic rings. The van der Waals surface area contributed by atoms with Gasteiger partial charge in [-0.25, -0.2) is 14.1 Å². The lowest BCUT2D eigenvalue weighted by Gasteiger charge is -2.41. The maximum Gasteiger partial charge on any atom is 0.305 e. The molecule has 1 fully saturated rings. The number of carbonyl (C=O) groups is 2. The normalized spacial score (nSPS) is 15.5. The number of hydrogen-bond donors (Lipinski definition) is 2. The van der Waals surface area contributed by atoms with Gasteiger partial charge in [0.2, 0.25) is 5.82 Å². The number of carboxylic acid groups (broad SMARTS) is 1. The van der Waals surface area contributed by atoms with Gasteiger partial charge in [0.15, 0.2) is 0 Å². The van der Waals surface area contributed by atoms with E-state index in [0.29, 0.717) is 18.7 Å². The minimum atomic E-state index is -0.960. The van der Waals surface area contributed by atoms with Gasteiger partial charge in [0.1, 0.15) is 17.3 Å². The van der Waals surface area contributed by atoms with Crippen LogP contribution in [0.5, 0.6) is 0 Å². The quantitative estimate of drug-likeness (QED) is 0.825. The van der Waals surface area contributed by atoms with Crippen LogP contribution in [-0.2, 0) is 4.79 Å². The summed E-state index contributed by atoms with van der Waals surface area (Å²) in [6, 6.07) is 6.14.